The number of hydrogen-bond acceptors (Lipinski definition) is 6. The quantitative estimate of drug-likeness (QED) is 0.404. The van der Waals surface area contributed by atoms with Crippen LogP contribution in [0.1, 0.15) is 19.4 Å². The molecule has 3 nitrogen and oxygen atoms in total. The summed E-state index contributed by atoms with van der Waals surface area (Å²) in [5, 5.41) is 9.84. The van der Waals surface area contributed by atoms with E-state index in [0.717, 1.165) is 9.75 Å². The zero-order chi connectivity index (χ0) is 13.8. The van der Waals surface area contributed by atoms with Gasteiger partial charge in [0.15, 0.2) is 0 Å². The van der Waals surface area contributed by atoms with Crippen molar-refractivity contribution in [2.45, 2.75) is 0 Å². The fraction of sp³-hybridized carbons (Fsp3) is 0. The number of rotatable bonds is 4. The summed E-state index contributed by atoms with van der Waals surface area (Å²) in [7, 11) is 0. The molecule has 0 amide bonds. The number of nitrogens with zero attached hydrogens (tertiary/aromatic N) is 1. The second-order valence-electron chi connectivity index (χ2n) is 3.75. The van der Waals surface area contributed by atoms with E-state index in [1.807, 2.05) is 46.5 Å². The van der Waals surface area contributed by atoms with Gasteiger partial charge in [-0.2, -0.15) is 0 Å². The molecule has 0 saturated carbocycles. The van der Waals surface area contributed by atoms with Crippen molar-refractivity contribution in [1.29, 1.82) is 0 Å². The second kappa shape index (κ2) is 6.13. The van der Waals surface area contributed by atoms with E-state index in [2.05, 4.69) is 5.16 Å². The van der Waals surface area contributed by atoms with Crippen LogP contribution in [0.15, 0.2) is 57.7 Å². The lowest BCUT2D eigenvalue weighted by molar-refractivity contribution is 0.0523. The van der Waals surface area contributed by atoms with Gasteiger partial charge in [-0.25, -0.2) is 4.79 Å². The maximum atomic E-state index is 11.8. The molecule has 100 valence electrons. The summed E-state index contributed by atoms with van der Waals surface area (Å²) in [6, 6.07) is 11.3. The molecule has 6 heteroatoms. The topological polar surface area (TPSA) is 38.7 Å². The molecule has 0 fully saturated rings. The first kappa shape index (κ1) is 13.2. The van der Waals surface area contributed by atoms with Gasteiger partial charge in [-0.3, -0.25) is 0 Å². The fourth-order valence-corrected chi connectivity index (χ4v) is 3.66. The molecule has 0 bridgehead atoms. The lowest BCUT2D eigenvalue weighted by Crippen LogP contribution is -2.04. The Labute approximate surface area is 127 Å². The second-order valence-corrected chi connectivity index (χ2v) is 6.59. The minimum atomic E-state index is -0.425. The van der Waals surface area contributed by atoms with E-state index in [1.165, 1.54) is 11.3 Å². The number of carbonyl (C=O) groups is 1. The molecule has 3 rings (SSSR count). The summed E-state index contributed by atoms with van der Waals surface area (Å²) in [5.74, 6) is -0.425. The van der Waals surface area contributed by atoms with Crippen LogP contribution in [0.3, 0.4) is 0 Å². The largest absolute Gasteiger partial charge is 0.375 e. The van der Waals surface area contributed by atoms with Crippen LogP contribution in [0.5, 0.6) is 0 Å². The summed E-state index contributed by atoms with van der Waals surface area (Å²) >= 11 is 4.47. The molecule has 0 aromatic carbocycles. The summed E-state index contributed by atoms with van der Waals surface area (Å²) in [4.78, 5) is 19.4. The summed E-state index contributed by atoms with van der Waals surface area (Å²) in [6.45, 7) is 0. The van der Waals surface area contributed by atoms with Crippen molar-refractivity contribution < 1.29 is 9.63 Å². The molecule has 3 aromatic rings. The van der Waals surface area contributed by atoms with Crippen molar-refractivity contribution in [3.8, 4) is 0 Å². The third-order valence-corrected chi connectivity index (χ3v) is 5.05. The summed E-state index contributed by atoms with van der Waals surface area (Å²) < 4.78 is 0. The lowest BCUT2D eigenvalue weighted by Gasteiger charge is -2.01. The standard InChI is InChI=1S/C14H9NO2S3/c16-14(12-6-3-9-20-12)17-15-13(10-4-1-7-18-10)11-5-2-8-19-11/h1-9H. The van der Waals surface area contributed by atoms with Crippen LogP contribution >= 0.6 is 34.0 Å². The van der Waals surface area contributed by atoms with Crippen LogP contribution in [0.4, 0.5) is 0 Å². The Morgan fingerprint density at radius 1 is 0.850 bits per heavy atom. The molecular weight excluding hydrogens is 310 g/mol. The average Bonchev–Trinajstić information content (AvgIpc) is 3.22. The summed E-state index contributed by atoms with van der Waals surface area (Å²) in [6.07, 6.45) is 0. The minimum Gasteiger partial charge on any atom is -0.311 e. The molecule has 0 unspecified atom stereocenters. The minimum absolute atomic E-state index is 0.425. The first-order chi connectivity index (χ1) is 9.84. The van der Waals surface area contributed by atoms with Crippen molar-refractivity contribution in [3.05, 3.63) is 67.2 Å². The molecule has 20 heavy (non-hydrogen) atoms. The highest BCUT2D eigenvalue weighted by molar-refractivity contribution is 7.16. The van der Waals surface area contributed by atoms with Crippen molar-refractivity contribution in [2.24, 2.45) is 5.16 Å². The Balaban J connectivity index is 1.87. The van der Waals surface area contributed by atoms with Crippen molar-refractivity contribution >= 4 is 45.7 Å². The van der Waals surface area contributed by atoms with Gasteiger partial charge in [-0.05, 0) is 34.3 Å². The maximum Gasteiger partial charge on any atom is 0.375 e. The van der Waals surface area contributed by atoms with Gasteiger partial charge in [0.2, 0.25) is 0 Å². The number of oxime groups is 1. The van der Waals surface area contributed by atoms with E-state index in [-0.39, 0.29) is 0 Å². The van der Waals surface area contributed by atoms with E-state index in [4.69, 9.17) is 4.84 Å². The summed E-state index contributed by atoms with van der Waals surface area (Å²) in [5.41, 5.74) is 0.694. The zero-order valence-electron chi connectivity index (χ0n) is 10.2. The van der Waals surface area contributed by atoms with Crippen LogP contribution in [-0.2, 0) is 4.84 Å². The molecular formula is C14H9NO2S3. The van der Waals surface area contributed by atoms with E-state index in [0.29, 0.717) is 10.6 Å². The molecule has 0 saturated heterocycles. The number of hydrogen-bond donors (Lipinski definition) is 0. The Morgan fingerprint density at radius 2 is 1.35 bits per heavy atom. The van der Waals surface area contributed by atoms with Gasteiger partial charge in [-0.1, -0.05) is 23.4 Å². The van der Waals surface area contributed by atoms with Gasteiger partial charge in [0, 0.05) is 0 Å². The van der Waals surface area contributed by atoms with E-state index in [9.17, 15) is 4.79 Å². The highest BCUT2D eigenvalue weighted by atomic mass is 32.1. The normalized spacial score (nSPS) is 10.2. The Morgan fingerprint density at radius 3 is 1.80 bits per heavy atom. The molecule has 0 radical (unpaired) electrons. The maximum absolute atomic E-state index is 11.8. The molecule has 0 spiro atoms. The number of carbonyl (C=O) groups excluding carboxylic acids is 1. The van der Waals surface area contributed by atoms with E-state index >= 15 is 0 Å². The van der Waals surface area contributed by atoms with E-state index < -0.39 is 5.97 Å². The monoisotopic (exact) mass is 319 g/mol. The first-order valence-corrected chi connectivity index (χ1v) is 8.39. The molecule has 0 aliphatic heterocycles. The predicted molar refractivity (Wildman–Crippen MR) is 84.0 cm³/mol. The highest BCUT2D eigenvalue weighted by Gasteiger charge is 2.13. The lowest BCUT2D eigenvalue weighted by atomic mass is 10.2. The Bertz CT molecular complexity index is 662. The van der Waals surface area contributed by atoms with Crippen LogP contribution in [0.25, 0.3) is 0 Å². The smallest absolute Gasteiger partial charge is 0.311 e. The van der Waals surface area contributed by atoms with Crippen molar-refractivity contribution in [1.82, 2.24) is 0 Å². The van der Waals surface area contributed by atoms with E-state index in [1.54, 1.807) is 28.7 Å². The molecule has 3 heterocycles. The third-order valence-electron chi connectivity index (χ3n) is 2.45. The van der Waals surface area contributed by atoms with Gasteiger partial charge in [0.25, 0.3) is 0 Å². The molecule has 0 N–H and O–H groups in total. The third kappa shape index (κ3) is 2.87. The molecule has 0 aliphatic carbocycles. The van der Waals surface area contributed by atoms with Crippen LogP contribution in [-0.4, -0.2) is 11.7 Å². The number of thiophene rings is 3. The van der Waals surface area contributed by atoms with Crippen molar-refractivity contribution in [2.75, 3.05) is 0 Å². The van der Waals surface area contributed by atoms with Crippen molar-refractivity contribution in [3.63, 3.8) is 0 Å². The fourth-order valence-electron chi connectivity index (χ4n) is 1.56. The van der Waals surface area contributed by atoms with Crippen LogP contribution < -0.4 is 0 Å². The first-order valence-electron chi connectivity index (χ1n) is 5.75. The van der Waals surface area contributed by atoms with Gasteiger partial charge in [0.05, 0.1) is 9.75 Å². The molecule has 0 atom stereocenters. The molecule has 0 aliphatic rings. The Kier molecular flexibility index (Phi) is 4.05. The van der Waals surface area contributed by atoms with Gasteiger partial charge in [0.1, 0.15) is 10.6 Å². The van der Waals surface area contributed by atoms with Gasteiger partial charge >= 0.3 is 5.97 Å². The SMILES string of the molecule is O=C(ON=C(c1cccs1)c1cccs1)c1cccs1. The zero-order valence-corrected chi connectivity index (χ0v) is 12.6. The predicted octanol–water partition coefficient (Wildman–Crippen LogP) is 4.48. The van der Waals surface area contributed by atoms with Crippen LogP contribution in [0.2, 0.25) is 0 Å². The molecule has 3 aromatic heterocycles. The Hall–Kier alpha value is -1.76. The van der Waals surface area contributed by atoms with Gasteiger partial charge in [-0.15, -0.1) is 34.0 Å². The average molecular weight is 319 g/mol. The van der Waals surface area contributed by atoms with Crippen LogP contribution in [0, 0.1) is 0 Å². The highest BCUT2D eigenvalue weighted by Crippen LogP contribution is 2.20. The van der Waals surface area contributed by atoms with Gasteiger partial charge < -0.3 is 4.84 Å².